The molecular formula is C14H20N4O2. The van der Waals surface area contributed by atoms with Crippen LogP contribution in [0.25, 0.3) is 0 Å². The summed E-state index contributed by atoms with van der Waals surface area (Å²) in [4.78, 5) is 11.0. The molecule has 3 N–H and O–H groups in total. The van der Waals surface area contributed by atoms with E-state index in [4.69, 9.17) is 10.5 Å². The molecule has 0 bridgehead atoms. The molecule has 3 rings (SSSR count). The van der Waals surface area contributed by atoms with Gasteiger partial charge in [0, 0.05) is 12.6 Å². The Hall–Kier alpha value is -1.69. The van der Waals surface area contributed by atoms with E-state index in [1.807, 2.05) is 0 Å². The first kappa shape index (κ1) is 13.3. The van der Waals surface area contributed by atoms with Crippen LogP contribution in [-0.2, 0) is 4.74 Å². The summed E-state index contributed by atoms with van der Waals surface area (Å²) in [7, 11) is 0. The largest absolute Gasteiger partial charge is 0.375 e. The molecule has 0 unspecified atom stereocenters. The van der Waals surface area contributed by atoms with E-state index in [0.29, 0.717) is 11.9 Å². The highest BCUT2D eigenvalue weighted by molar-refractivity contribution is 5.90. The molecule has 2 aliphatic rings. The van der Waals surface area contributed by atoms with Crippen LogP contribution in [-0.4, -0.2) is 34.4 Å². The van der Waals surface area contributed by atoms with Gasteiger partial charge in [-0.1, -0.05) is 12.8 Å². The lowest BCUT2D eigenvalue weighted by Crippen LogP contribution is -2.42. The summed E-state index contributed by atoms with van der Waals surface area (Å²) in [5, 5.41) is 11.2. The SMILES string of the molecule is NC(=O)c1ccc(N[C@@H]2CCOC3(CCCC3)C2)nn1. The van der Waals surface area contributed by atoms with Crippen LogP contribution in [0.5, 0.6) is 0 Å². The molecule has 1 saturated carbocycles. The lowest BCUT2D eigenvalue weighted by Gasteiger charge is -2.38. The van der Waals surface area contributed by atoms with Gasteiger partial charge in [0.1, 0.15) is 5.82 Å². The smallest absolute Gasteiger partial charge is 0.269 e. The van der Waals surface area contributed by atoms with Gasteiger partial charge >= 0.3 is 0 Å². The number of nitrogens with one attached hydrogen (secondary N) is 1. The fourth-order valence-electron chi connectivity index (χ4n) is 3.27. The number of rotatable bonds is 3. The van der Waals surface area contributed by atoms with Crippen LogP contribution < -0.4 is 11.1 Å². The number of nitrogens with two attached hydrogens (primary N) is 1. The molecule has 2 heterocycles. The second kappa shape index (κ2) is 5.36. The summed E-state index contributed by atoms with van der Waals surface area (Å²) in [5.74, 6) is 0.134. The summed E-state index contributed by atoms with van der Waals surface area (Å²) >= 11 is 0. The van der Waals surface area contributed by atoms with Crippen LogP contribution in [0.1, 0.15) is 49.0 Å². The van der Waals surface area contributed by atoms with E-state index in [1.54, 1.807) is 12.1 Å². The van der Waals surface area contributed by atoms with Crippen molar-refractivity contribution in [2.24, 2.45) is 5.73 Å². The van der Waals surface area contributed by atoms with Gasteiger partial charge in [0.05, 0.1) is 5.60 Å². The van der Waals surface area contributed by atoms with Crippen LogP contribution in [0.3, 0.4) is 0 Å². The number of anilines is 1. The first-order valence-corrected chi connectivity index (χ1v) is 7.21. The third-order valence-electron chi connectivity index (χ3n) is 4.28. The van der Waals surface area contributed by atoms with E-state index >= 15 is 0 Å². The minimum Gasteiger partial charge on any atom is -0.375 e. The first-order valence-electron chi connectivity index (χ1n) is 7.21. The summed E-state index contributed by atoms with van der Waals surface area (Å²) < 4.78 is 6.01. The highest BCUT2D eigenvalue weighted by Gasteiger charge is 2.39. The van der Waals surface area contributed by atoms with Gasteiger partial charge < -0.3 is 15.8 Å². The van der Waals surface area contributed by atoms with Crippen molar-refractivity contribution in [2.75, 3.05) is 11.9 Å². The molecule has 0 aromatic carbocycles. The van der Waals surface area contributed by atoms with Crippen LogP contribution in [0.4, 0.5) is 5.82 Å². The lowest BCUT2D eigenvalue weighted by atomic mass is 9.89. The maximum absolute atomic E-state index is 11.0. The van der Waals surface area contributed by atoms with E-state index in [-0.39, 0.29) is 11.3 Å². The van der Waals surface area contributed by atoms with Crippen LogP contribution >= 0.6 is 0 Å². The molecule has 6 heteroatoms. The number of nitrogens with zero attached hydrogens (tertiary/aromatic N) is 2. The van der Waals surface area contributed by atoms with E-state index in [2.05, 4.69) is 15.5 Å². The lowest BCUT2D eigenvalue weighted by molar-refractivity contribution is -0.0767. The number of amides is 1. The minimum absolute atomic E-state index is 0.0799. The Morgan fingerprint density at radius 2 is 2.15 bits per heavy atom. The molecule has 20 heavy (non-hydrogen) atoms. The Kier molecular flexibility index (Phi) is 3.56. The van der Waals surface area contributed by atoms with Crippen LogP contribution in [0.15, 0.2) is 12.1 Å². The Morgan fingerprint density at radius 3 is 2.80 bits per heavy atom. The topological polar surface area (TPSA) is 90.1 Å². The number of aromatic nitrogens is 2. The molecule has 1 aliphatic carbocycles. The van der Waals surface area contributed by atoms with Gasteiger partial charge in [0.2, 0.25) is 0 Å². The Morgan fingerprint density at radius 1 is 1.35 bits per heavy atom. The summed E-state index contributed by atoms with van der Waals surface area (Å²) in [6, 6.07) is 3.71. The molecule has 108 valence electrons. The van der Waals surface area contributed by atoms with Crippen molar-refractivity contribution in [2.45, 2.75) is 50.2 Å². The second-order valence-electron chi connectivity index (χ2n) is 5.74. The number of hydrogen-bond donors (Lipinski definition) is 2. The second-order valence-corrected chi connectivity index (χ2v) is 5.74. The molecule has 1 spiro atoms. The highest BCUT2D eigenvalue weighted by atomic mass is 16.5. The monoisotopic (exact) mass is 276 g/mol. The molecule has 1 aliphatic heterocycles. The van der Waals surface area contributed by atoms with Gasteiger partial charge in [-0.05, 0) is 37.8 Å². The Balaban J connectivity index is 1.63. The molecule has 1 aromatic heterocycles. The van der Waals surface area contributed by atoms with Gasteiger partial charge in [-0.2, -0.15) is 0 Å². The van der Waals surface area contributed by atoms with Gasteiger partial charge in [-0.3, -0.25) is 4.79 Å². The third-order valence-corrected chi connectivity index (χ3v) is 4.28. The number of primary amides is 1. The van der Waals surface area contributed by atoms with Crippen LogP contribution in [0.2, 0.25) is 0 Å². The van der Waals surface area contributed by atoms with E-state index in [0.717, 1.165) is 32.3 Å². The van der Waals surface area contributed by atoms with E-state index in [9.17, 15) is 4.79 Å². The predicted molar refractivity (Wildman–Crippen MR) is 74.3 cm³/mol. The van der Waals surface area contributed by atoms with Crippen molar-refractivity contribution in [1.82, 2.24) is 10.2 Å². The third kappa shape index (κ3) is 2.75. The normalized spacial score (nSPS) is 24.7. The number of ether oxygens (including phenoxy) is 1. The molecule has 0 radical (unpaired) electrons. The molecule has 2 fully saturated rings. The Bertz CT molecular complexity index is 482. The summed E-state index contributed by atoms with van der Waals surface area (Å²) in [6.07, 6.45) is 6.85. The number of carbonyl (C=O) groups excluding carboxylic acids is 1. The van der Waals surface area contributed by atoms with Gasteiger partial charge in [0.15, 0.2) is 5.69 Å². The average Bonchev–Trinajstić information content (AvgIpc) is 2.87. The number of hydrogen-bond acceptors (Lipinski definition) is 5. The average molecular weight is 276 g/mol. The minimum atomic E-state index is -0.556. The van der Waals surface area contributed by atoms with Crippen molar-refractivity contribution in [3.8, 4) is 0 Å². The Labute approximate surface area is 118 Å². The molecule has 6 nitrogen and oxygen atoms in total. The fraction of sp³-hybridized carbons (Fsp3) is 0.643. The van der Waals surface area contributed by atoms with Gasteiger partial charge in [-0.25, -0.2) is 0 Å². The maximum Gasteiger partial charge on any atom is 0.269 e. The molecule has 1 aromatic rings. The molecule has 1 atom stereocenters. The quantitative estimate of drug-likeness (QED) is 0.872. The highest BCUT2D eigenvalue weighted by Crippen LogP contribution is 2.40. The zero-order valence-electron chi connectivity index (χ0n) is 11.5. The van der Waals surface area contributed by atoms with Crippen LogP contribution in [0, 0.1) is 0 Å². The molecular weight excluding hydrogens is 256 g/mol. The van der Waals surface area contributed by atoms with Crippen molar-refractivity contribution in [3.05, 3.63) is 17.8 Å². The van der Waals surface area contributed by atoms with Crippen molar-refractivity contribution < 1.29 is 9.53 Å². The summed E-state index contributed by atoms with van der Waals surface area (Å²) in [5.41, 5.74) is 5.42. The zero-order chi connectivity index (χ0) is 14.0. The van der Waals surface area contributed by atoms with Crippen molar-refractivity contribution in [1.29, 1.82) is 0 Å². The van der Waals surface area contributed by atoms with Gasteiger partial charge in [0.25, 0.3) is 5.91 Å². The molecule has 1 amide bonds. The zero-order valence-corrected chi connectivity index (χ0v) is 11.5. The summed E-state index contributed by atoms with van der Waals surface area (Å²) in [6.45, 7) is 0.796. The fourth-order valence-corrected chi connectivity index (χ4v) is 3.27. The van der Waals surface area contributed by atoms with Crippen molar-refractivity contribution in [3.63, 3.8) is 0 Å². The van der Waals surface area contributed by atoms with E-state index < -0.39 is 5.91 Å². The standard InChI is InChI=1S/C14H20N4O2/c15-13(19)11-3-4-12(18-17-11)16-10-5-8-20-14(9-10)6-1-2-7-14/h3-4,10H,1-2,5-9H2,(H2,15,19)(H,16,18)/t10-/m1/s1. The number of carbonyl (C=O) groups is 1. The van der Waals surface area contributed by atoms with Crippen molar-refractivity contribution >= 4 is 11.7 Å². The van der Waals surface area contributed by atoms with E-state index in [1.165, 1.54) is 12.8 Å². The predicted octanol–water partition coefficient (Wildman–Crippen LogP) is 1.48. The molecule has 1 saturated heterocycles. The van der Waals surface area contributed by atoms with Gasteiger partial charge in [-0.15, -0.1) is 10.2 Å². The first-order chi connectivity index (χ1) is 9.67. The maximum atomic E-state index is 11.0.